The lowest BCUT2D eigenvalue weighted by atomic mass is 9.93. The van der Waals surface area contributed by atoms with Crippen LogP contribution in [0.4, 0.5) is 0 Å². The van der Waals surface area contributed by atoms with Gasteiger partial charge >= 0.3 is 0 Å². The molecule has 1 aromatic rings. The number of fused-ring (bicyclic) bond motifs is 2. The van der Waals surface area contributed by atoms with Gasteiger partial charge in [-0.2, -0.15) is 0 Å². The third kappa shape index (κ3) is 2.01. The summed E-state index contributed by atoms with van der Waals surface area (Å²) in [4.78, 5) is 17.1. The van der Waals surface area contributed by atoms with Crippen LogP contribution in [-0.4, -0.2) is 36.5 Å². The third-order valence-electron chi connectivity index (χ3n) is 4.90. The van der Waals surface area contributed by atoms with E-state index in [0.717, 1.165) is 30.9 Å². The van der Waals surface area contributed by atoms with Gasteiger partial charge in [0.2, 0.25) is 0 Å². The Morgan fingerprint density at radius 2 is 2.32 bits per heavy atom. The maximum absolute atomic E-state index is 12.6. The van der Waals surface area contributed by atoms with Gasteiger partial charge in [0.25, 0.3) is 5.91 Å². The van der Waals surface area contributed by atoms with Crippen LogP contribution < -0.4 is 5.32 Å². The molecule has 0 radical (unpaired) electrons. The minimum absolute atomic E-state index is 0.282. The van der Waals surface area contributed by atoms with Crippen LogP contribution in [-0.2, 0) is 12.8 Å². The zero-order valence-corrected chi connectivity index (χ0v) is 12.0. The normalized spacial score (nSPS) is 29.4. The smallest absolute Gasteiger partial charge is 0.263 e. The average Bonchev–Trinajstić information content (AvgIpc) is 3.11. The number of thiophene rings is 1. The van der Waals surface area contributed by atoms with Crippen LogP contribution in [0.3, 0.4) is 0 Å². The van der Waals surface area contributed by atoms with Gasteiger partial charge in [-0.1, -0.05) is 0 Å². The Morgan fingerprint density at radius 3 is 3.21 bits per heavy atom. The number of amides is 1. The van der Waals surface area contributed by atoms with Crippen molar-refractivity contribution in [1.29, 1.82) is 0 Å². The summed E-state index contributed by atoms with van der Waals surface area (Å²) in [7, 11) is 0. The number of nitrogens with zero attached hydrogens (tertiary/aromatic N) is 1. The first-order chi connectivity index (χ1) is 9.31. The van der Waals surface area contributed by atoms with Gasteiger partial charge in [-0.25, -0.2) is 0 Å². The number of carbonyl (C=O) groups excluding carboxylic acids is 1. The molecule has 102 valence electrons. The van der Waals surface area contributed by atoms with Gasteiger partial charge in [0, 0.05) is 24.0 Å². The highest BCUT2D eigenvalue weighted by atomic mass is 32.1. The molecule has 3 nitrogen and oxygen atoms in total. The molecule has 3 heterocycles. The van der Waals surface area contributed by atoms with Crippen LogP contribution in [0.15, 0.2) is 6.07 Å². The van der Waals surface area contributed by atoms with Crippen molar-refractivity contribution in [2.24, 2.45) is 5.92 Å². The van der Waals surface area contributed by atoms with Crippen molar-refractivity contribution in [2.45, 2.75) is 38.1 Å². The molecule has 0 saturated carbocycles. The number of nitrogens with one attached hydrogen (secondary N) is 1. The molecule has 1 N–H and O–H groups in total. The van der Waals surface area contributed by atoms with E-state index in [0.29, 0.717) is 12.0 Å². The number of hydrogen-bond acceptors (Lipinski definition) is 3. The quantitative estimate of drug-likeness (QED) is 0.851. The molecule has 2 atom stereocenters. The fourth-order valence-corrected chi connectivity index (χ4v) is 5.04. The summed E-state index contributed by atoms with van der Waals surface area (Å²) < 4.78 is 0. The predicted octanol–water partition coefficient (Wildman–Crippen LogP) is 2.06. The molecule has 2 unspecified atom stereocenters. The summed E-state index contributed by atoms with van der Waals surface area (Å²) in [6, 6.07) is 2.83. The van der Waals surface area contributed by atoms with E-state index in [1.807, 2.05) is 0 Å². The first-order valence-corrected chi connectivity index (χ1v) is 8.27. The van der Waals surface area contributed by atoms with E-state index in [1.54, 1.807) is 11.3 Å². The molecule has 0 spiro atoms. The molecular formula is C15H20N2OS. The molecule has 1 aromatic heterocycles. The van der Waals surface area contributed by atoms with E-state index in [1.165, 1.54) is 36.1 Å². The van der Waals surface area contributed by atoms with Gasteiger partial charge in [0.05, 0.1) is 4.88 Å². The van der Waals surface area contributed by atoms with E-state index >= 15 is 0 Å². The second-order valence-electron chi connectivity index (χ2n) is 6.06. The first kappa shape index (κ1) is 11.9. The largest absolute Gasteiger partial charge is 0.338 e. The topological polar surface area (TPSA) is 32.3 Å². The van der Waals surface area contributed by atoms with E-state index in [9.17, 15) is 4.79 Å². The van der Waals surface area contributed by atoms with Gasteiger partial charge in [-0.3, -0.25) is 4.79 Å². The van der Waals surface area contributed by atoms with Crippen LogP contribution >= 0.6 is 11.3 Å². The summed E-state index contributed by atoms with van der Waals surface area (Å²) in [6.45, 7) is 3.01. The van der Waals surface area contributed by atoms with Gasteiger partial charge in [0.1, 0.15) is 0 Å². The zero-order chi connectivity index (χ0) is 12.8. The first-order valence-electron chi connectivity index (χ1n) is 7.45. The molecule has 19 heavy (non-hydrogen) atoms. The van der Waals surface area contributed by atoms with Gasteiger partial charge < -0.3 is 10.2 Å². The van der Waals surface area contributed by atoms with Gasteiger partial charge in [-0.05, 0) is 56.2 Å². The number of piperidine rings is 1. The van der Waals surface area contributed by atoms with Crippen molar-refractivity contribution in [3.63, 3.8) is 0 Å². The summed E-state index contributed by atoms with van der Waals surface area (Å²) in [5.41, 5.74) is 1.44. The van der Waals surface area contributed by atoms with Crippen molar-refractivity contribution in [2.75, 3.05) is 19.6 Å². The molecule has 4 rings (SSSR count). The Morgan fingerprint density at radius 1 is 1.37 bits per heavy atom. The lowest BCUT2D eigenvalue weighted by Gasteiger charge is -2.34. The fourth-order valence-electron chi connectivity index (χ4n) is 3.82. The van der Waals surface area contributed by atoms with Crippen molar-refractivity contribution in [3.05, 3.63) is 21.4 Å². The number of rotatable bonds is 1. The SMILES string of the molecule is O=C(c1cc2c(s1)CCC2)N1CCC2NCCC2C1. The number of hydrogen-bond donors (Lipinski definition) is 1. The highest BCUT2D eigenvalue weighted by Crippen LogP contribution is 2.32. The monoisotopic (exact) mass is 276 g/mol. The Labute approximate surface area is 118 Å². The number of likely N-dealkylation sites (tertiary alicyclic amines) is 1. The highest BCUT2D eigenvalue weighted by Gasteiger charge is 2.35. The lowest BCUT2D eigenvalue weighted by Crippen LogP contribution is -2.46. The van der Waals surface area contributed by atoms with E-state index in [-0.39, 0.29) is 5.91 Å². The number of carbonyl (C=O) groups is 1. The molecule has 1 amide bonds. The third-order valence-corrected chi connectivity index (χ3v) is 6.13. The van der Waals surface area contributed by atoms with Crippen LogP contribution in [0.2, 0.25) is 0 Å². The summed E-state index contributed by atoms with van der Waals surface area (Å²) in [5.74, 6) is 0.967. The van der Waals surface area contributed by atoms with Gasteiger partial charge in [-0.15, -0.1) is 11.3 Å². The fraction of sp³-hybridized carbons (Fsp3) is 0.667. The van der Waals surface area contributed by atoms with E-state index in [2.05, 4.69) is 16.3 Å². The molecule has 3 aliphatic rings. The molecule has 2 aliphatic heterocycles. The van der Waals surface area contributed by atoms with Crippen LogP contribution in [0.25, 0.3) is 0 Å². The molecule has 2 fully saturated rings. The van der Waals surface area contributed by atoms with Crippen molar-refractivity contribution in [1.82, 2.24) is 10.2 Å². The molecular weight excluding hydrogens is 256 g/mol. The van der Waals surface area contributed by atoms with Crippen molar-refractivity contribution >= 4 is 17.2 Å². The van der Waals surface area contributed by atoms with E-state index in [4.69, 9.17) is 0 Å². The lowest BCUT2D eigenvalue weighted by molar-refractivity contribution is 0.0667. The predicted molar refractivity (Wildman–Crippen MR) is 76.8 cm³/mol. The summed E-state index contributed by atoms with van der Waals surface area (Å²) in [6.07, 6.45) is 5.99. The Bertz CT molecular complexity index is 489. The number of aryl methyl sites for hydroxylation is 2. The Kier molecular flexibility index (Phi) is 2.88. The molecule has 4 heteroatoms. The standard InChI is InChI=1S/C15H20N2OS/c18-15(14-8-10-2-1-3-13(10)19-14)17-7-5-12-11(9-17)4-6-16-12/h8,11-12,16H,1-7,9H2. The van der Waals surface area contributed by atoms with Crippen molar-refractivity contribution in [3.8, 4) is 0 Å². The highest BCUT2D eigenvalue weighted by molar-refractivity contribution is 7.14. The maximum Gasteiger partial charge on any atom is 0.263 e. The maximum atomic E-state index is 12.6. The molecule has 0 bridgehead atoms. The zero-order valence-electron chi connectivity index (χ0n) is 11.2. The Hall–Kier alpha value is -0.870. The minimum Gasteiger partial charge on any atom is -0.338 e. The van der Waals surface area contributed by atoms with Crippen molar-refractivity contribution < 1.29 is 4.79 Å². The van der Waals surface area contributed by atoms with Crippen LogP contribution in [0, 0.1) is 5.92 Å². The van der Waals surface area contributed by atoms with Crippen LogP contribution in [0.1, 0.15) is 39.4 Å². The molecule has 0 aromatic carbocycles. The van der Waals surface area contributed by atoms with E-state index < -0.39 is 0 Å². The Balaban J connectivity index is 1.50. The second kappa shape index (κ2) is 4.60. The average molecular weight is 276 g/mol. The molecule has 2 saturated heterocycles. The summed E-state index contributed by atoms with van der Waals surface area (Å²) >= 11 is 1.74. The van der Waals surface area contributed by atoms with Gasteiger partial charge in [0.15, 0.2) is 0 Å². The minimum atomic E-state index is 0.282. The summed E-state index contributed by atoms with van der Waals surface area (Å²) in [5, 5.41) is 3.55. The molecule has 1 aliphatic carbocycles. The van der Waals surface area contributed by atoms with Crippen LogP contribution in [0.5, 0.6) is 0 Å². The second-order valence-corrected chi connectivity index (χ2v) is 7.20.